The largest absolute Gasteiger partial charge is 0.379 e. The molecule has 0 aromatic rings. The van der Waals surface area contributed by atoms with E-state index < -0.39 is 0 Å². The van der Waals surface area contributed by atoms with Gasteiger partial charge >= 0.3 is 0 Å². The molecule has 0 amide bonds. The molecule has 0 aromatic heterocycles. The summed E-state index contributed by atoms with van der Waals surface area (Å²) in [5.41, 5.74) is 0.519. The maximum Gasteiger partial charge on any atom is 0.208 e. The van der Waals surface area contributed by atoms with Crippen LogP contribution in [0.2, 0.25) is 0 Å². The molecule has 5 nitrogen and oxygen atoms in total. The fraction of sp³-hybridized carbons (Fsp3) is 0.500. The Hall–Kier alpha value is -0.980. The highest BCUT2D eigenvalue weighted by atomic mass is 32.2. The van der Waals surface area contributed by atoms with Crippen LogP contribution >= 0.6 is 11.8 Å². The van der Waals surface area contributed by atoms with Gasteiger partial charge in [-0.2, -0.15) is 0 Å². The Bertz CT molecular complexity index is 410. The number of rotatable bonds is 1. The smallest absolute Gasteiger partial charge is 0.208 e. The van der Waals surface area contributed by atoms with Gasteiger partial charge in [-0.1, -0.05) is 11.8 Å². The molecule has 0 N–H and O–H groups in total. The van der Waals surface area contributed by atoms with Crippen LogP contribution in [0, 0.1) is 0 Å². The van der Waals surface area contributed by atoms with Crippen LogP contribution in [0.1, 0.15) is 0 Å². The highest BCUT2D eigenvalue weighted by molar-refractivity contribution is 8.17. The summed E-state index contributed by atoms with van der Waals surface area (Å²) in [6, 6.07) is 0. The third kappa shape index (κ3) is 1.73. The summed E-state index contributed by atoms with van der Waals surface area (Å²) >= 11 is 1.55. The van der Waals surface area contributed by atoms with Crippen molar-refractivity contribution in [1.82, 2.24) is 4.90 Å². The van der Waals surface area contributed by atoms with E-state index in [-0.39, 0.29) is 11.3 Å². The number of thioether (sulfide) groups is 1. The molecule has 0 spiro atoms. The van der Waals surface area contributed by atoms with Crippen molar-refractivity contribution in [1.29, 1.82) is 0 Å². The number of ether oxygens (including phenoxy) is 1. The molecule has 6 heteroatoms. The molecule has 3 heterocycles. The Morgan fingerprint density at radius 3 is 3.00 bits per heavy atom. The predicted molar refractivity (Wildman–Crippen MR) is 62.8 cm³/mol. The molecule has 1 saturated heterocycles. The molecular formula is C10H11N3O2S. The fourth-order valence-corrected chi connectivity index (χ4v) is 2.92. The fourth-order valence-electron chi connectivity index (χ4n) is 1.81. The lowest BCUT2D eigenvalue weighted by atomic mass is 10.2. The Balaban J connectivity index is 1.79. The van der Waals surface area contributed by atoms with E-state index in [9.17, 15) is 4.79 Å². The van der Waals surface area contributed by atoms with E-state index in [1.807, 2.05) is 0 Å². The van der Waals surface area contributed by atoms with Crippen LogP contribution in [-0.2, 0) is 9.53 Å². The number of fused-ring (bicyclic) bond motifs is 1. The summed E-state index contributed by atoms with van der Waals surface area (Å²) in [7, 11) is 0. The second-order valence-corrected chi connectivity index (χ2v) is 4.73. The first-order valence-electron chi connectivity index (χ1n) is 5.20. The van der Waals surface area contributed by atoms with E-state index in [1.54, 1.807) is 18.0 Å². The third-order valence-electron chi connectivity index (χ3n) is 2.67. The zero-order valence-corrected chi connectivity index (χ0v) is 9.44. The van der Waals surface area contributed by atoms with Crippen LogP contribution in [0.15, 0.2) is 22.3 Å². The molecule has 1 atom stereocenters. The number of hydrogen-bond donors (Lipinski definition) is 0. The number of hydrogen-bond acceptors (Lipinski definition) is 6. The van der Waals surface area contributed by atoms with Crippen LogP contribution in [0.4, 0.5) is 0 Å². The molecule has 1 unspecified atom stereocenters. The molecule has 0 radical (unpaired) electrons. The molecule has 0 aliphatic carbocycles. The van der Waals surface area contributed by atoms with Gasteiger partial charge in [0.25, 0.3) is 0 Å². The molecule has 3 rings (SSSR count). The summed E-state index contributed by atoms with van der Waals surface area (Å²) in [5.74, 6) is -0.0340. The van der Waals surface area contributed by atoms with E-state index in [0.717, 1.165) is 31.3 Å². The highest BCUT2D eigenvalue weighted by Gasteiger charge is 2.33. The van der Waals surface area contributed by atoms with E-state index >= 15 is 0 Å². The topological polar surface area (TPSA) is 54.3 Å². The van der Waals surface area contributed by atoms with Crippen molar-refractivity contribution in [2.75, 3.05) is 26.3 Å². The van der Waals surface area contributed by atoms with Gasteiger partial charge in [0.1, 0.15) is 10.8 Å². The zero-order chi connectivity index (χ0) is 11.0. The van der Waals surface area contributed by atoms with Crippen LogP contribution in [0.25, 0.3) is 0 Å². The van der Waals surface area contributed by atoms with Crippen molar-refractivity contribution < 1.29 is 9.53 Å². The van der Waals surface area contributed by atoms with Crippen molar-refractivity contribution in [3.05, 3.63) is 12.3 Å². The normalized spacial score (nSPS) is 30.0. The van der Waals surface area contributed by atoms with Crippen LogP contribution < -0.4 is 0 Å². The molecule has 0 saturated carbocycles. The van der Waals surface area contributed by atoms with E-state index in [1.165, 1.54) is 6.08 Å². The minimum atomic E-state index is -0.0340. The van der Waals surface area contributed by atoms with Crippen molar-refractivity contribution >= 4 is 28.3 Å². The second-order valence-electron chi connectivity index (χ2n) is 3.68. The highest BCUT2D eigenvalue weighted by Crippen LogP contribution is 2.28. The average molecular weight is 237 g/mol. The summed E-state index contributed by atoms with van der Waals surface area (Å²) in [6.07, 6.45) is 3.01. The van der Waals surface area contributed by atoms with Gasteiger partial charge < -0.3 is 4.74 Å². The number of morpholine rings is 1. The van der Waals surface area contributed by atoms with E-state index in [2.05, 4.69) is 14.9 Å². The Labute approximate surface area is 97.3 Å². The van der Waals surface area contributed by atoms with Gasteiger partial charge in [0, 0.05) is 25.4 Å². The average Bonchev–Trinajstić information content (AvgIpc) is 2.76. The summed E-state index contributed by atoms with van der Waals surface area (Å²) in [4.78, 5) is 22.4. The first kappa shape index (κ1) is 10.2. The SMILES string of the molecule is O=C1C=CN=C2SC(N3CCOCC3)N=C12. The zero-order valence-electron chi connectivity index (χ0n) is 8.63. The molecule has 3 aliphatic rings. The van der Waals surface area contributed by atoms with Gasteiger partial charge in [0.05, 0.1) is 13.2 Å². The number of nitrogens with zero attached hydrogens (tertiary/aromatic N) is 3. The van der Waals surface area contributed by atoms with Crippen molar-refractivity contribution in [2.45, 2.75) is 5.50 Å². The lowest BCUT2D eigenvalue weighted by Crippen LogP contribution is -2.40. The molecule has 16 heavy (non-hydrogen) atoms. The van der Waals surface area contributed by atoms with Gasteiger partial charge in [0.2, 0.25) is 5.78 Å². The second kappa shape index (κ2) is 4.12. The van der Waals surface area contributed by atoms with Gasteiger partial charge in [-0.25, -0.2) is 9.98 Å². The third-order valence-corrected chi connectivity index (χ3v) is 3.80. The first-order chi connectivity index (χ1) is 7.84. The van der Waals surface area contributed by atoms with Gasteiger partial charge in [0.15, 0.2) is 5.50 Å². The summed E-state index contributed by atoms with van der Waals surface area (Å²) in [5, 5.41) is 0.754. The Kier molecular flexibility index (Phi) is 2.62. The molecule has 1 fully saturated rings. The number of allylic oxidation sites excluding steroid dienone is 1. The Morgan fingerprint density at radius 1 is 1.44 bits per heavy atom. The van der Waals surface area contributed by atoms with Gasteiger partial charge in [-0.3, -0.25) is 9.69 Å². The maximum absolute atomic E-state index is 11.5. The minimum absolute atomic E-state index is 0.00139. The lowest BCUT2D eigenvalue weighted by molar-refractivity contribution is -0.108. The monoisotopic (exact) mass is 237 g/mol. The van der Waals surface area contributed by atoms with Crippen molar-refractivity contribution in [3.8, 4) is 0 Å². The number of ketones is 1. The number of carbonyl (C=O) groups is 1. The van der Waals surface area contributed by atoms with Crippen molar-refractivity contribution in [3.63, 3.8) is 0 Å². The van der Waals surface area contributed by atoms with Gasteiger partial charge in [-0.15, -0.1) is 0 Å². The first-order valence-corrected chi connectivity index (χ1v) is 6.08. The van der Waals surface area contributed by atoms with Crippen LogP contribution in [-0.4, -0.2) is 53.2 Å². The van der Waals surface area contributed by atoms with Gasteiger partial charge in [-0.05, 0) is 0 Å². The van der Waals surface area contributed by atoms with E-state index in [0.29, 0.717) is 5.71 Å². The lowest BCUT2D eigenvalue weighted by Gasteiger charge is -2.29. The van der Waals surface area contributed by atoms with Crippen molar-refractivity contribution in [2.24, 2.45) is 9.98 Å². The Morgan fingerprint density at radius 2 is 2.25 bits per heavy atom. The number of carbonyl (C=O) groups excluding carboxylic acids is 1. The molecule has 3 aliphatic heterocycles. The minimum Gasteiger partial charge on any atom is -0.379 e. The molecule has 84 valence electrons. The summed E-state index contributed by atoms with van der Waals surface area (Å²) in [6.45, 7) is 3.20. The van der Waals surface area contributed by atoms with E-state index in [4.69, 9.17) is 4.74 Å². The maximum atomic E-state index is 11.5. The van der Waals surface area contributed by atoms with Crippen LogP contribution in [0.3, 0.4) is 0 Å². The standard InChI is InChI=1S/C10H11N3O2S/c14-7-1-2-11-9-8(7)12-10(16-9)13-3-5-15-6-4-13/h1-2,10H,3-6H2. The van der Waals surface area contributed by atoms with Crippen LogP contribution in [0.5, 0.6) is 0 Å². The number of aliphatic imine (C=N–C) groups is 2. The quantitative estimate of drug-likeness (QED) is 0.657. The molecule has 0 bridgehead atoms. The summed E-state index contributed by atoms with van der Waals surface area (Å²) < 4.78 is 5.29. The molecular weight excluding hydrogens is 226 g/mol. The predicted octanol–water partition coefficient (Wildman–Crippen LogP) is 0.285. The molecule has 0 aromatic carbocycles.